The molecule has 1 aliphatic heterocycles. The quantitative estimate of drug-likeness (QED) is 0.382. The number of nitrogens with one attached hydrogen (secondary N) is 1. The van der Waals surface area contributed by atoms with Gasteiger partial charge in [-0.2, -0.15) is 0 Å². The Labute approximate surface area is 127 Å². The molecular formula is C16H27NO4. The zero-order chi connectivity index (χ0) is 15.5. The molecule has 1 aliphatic rings. The van der Waals surface area contributed by atoms with Gasteiger partial charge >= 0.3 is 5.97 Å². The van der Waals surface area contributed by atoms with E-state index in [9.17, 15) is 9.59 Å². The van der Waals surface area contributed by atoms with Crippen molar-refractivity contribution in [3.05, 3.63) is 12.7 Å². The Hall–Kier alpha value is -1.36. The highest BCUT2D eigenvalue weighted by molar-refractivity contribution is 5.87. The van der Waals surface area contributed by atoms with Crippen LogP contribution in [-0.4, -0.2) is 37.7 Å². The molecule has 0 bridgehead atoms. The Bertz CT molecular complexity index is 337. The predicted molar refractivity (Wildman–Crippen MR) is 80.8 cm³/mol. The second-order valence-corrected chi connectivity index (χ2v) is 5.37. The molecule has 21 heavy (non-hydrogen) atoms. The fraction of sp³-hybridized carbons (Fsp3) is 0.750. The topological polar surface area (TPSA) is 64.6 Å². The normalized spacial score (nSPS) is 19.0. The maximum absolute atomic E-state index is 12.0. The van der Waals surface area contributed by atoms with Gasteiger partial charge in [0, 0.05) is 6.61 Å². The number of hydrogen-bond donors (Lipinski definition) is 1. The maximum atomic E-state index is 12.0. The highest BCUT2D eigenvalue weighted by Gasteiger charge is 2.28. The third-order valence-corrected chi connectivity index (χ3v) is 3.68. The minimum absolute atomic E-state index is 0.199. The Morgan fingerprint density at radius 3 is 2.76 bits per heavy atom. The summed E-state index contributed by atoms with van der Waals surface area (Å²) in [6, 6.07) is -0.564. The van der Waals surface area contributed by atoms with Crippen LogP contribution in [0.1, 0.15) is 51.4 Å². The number of ether oxygens (including phenoxy) is 2. The molecule has 0 unspecified atom stereocenters. The summed E-state index contributed by atoms with van der Waals surface area (Å²) in [5.74, 6) is -0.581. The number of carbonyl (C=O) groups excluding carboxylic acids is 2. The Morgan fingerprint density at radius 1 is 1.38 bits per heavy atom. The van der Waals surface area contributed by atoms with E-state index in [1.807, 2.05) is 6.08 Å². The summed E-state index contributed by atoms with van der Waals surface area (Å²) in [4.78, 5) is 23.7. The van der Waals surface area contributed by atoms with Gasteiger partial charge in [0.15, 0.2) is 0 Å². The van der Waals surface area contributed by atoms with E-state index in [4.69, 9.17) is 9.47 Å². The number of carbonyl (C=O) groups is 2. The van der Waals surface area contributed by atoms with Crippen molar-refractivity contribution in [2.24, 2.45) is 0 Å². The van der Waals surface area contributed by atoms with Gasteiger partial charge in [-0.25, -0.2) is 4.79 Å². The predicted octanol–water partition coefficient (Wildman–Crippen LogP) is 2.35. The number of hydrogen-bond acceptors (Lipinski definition) is 4. The molecule has 0 spiro atoms. The molecule has 1 rings (SSSR count). The molecule has 0 aromatic rings. The third-order valence-electron chi connectivity index (χ3n) is 3.68. The van der Waals surface area contributed by atoms with Crippen molar-refractivity contribution in [2.75, 3.05) is 13.7 Å². The van der Waals surface area contributed by atoms with Crippen molar-refractivity contribution in [3.8, 4) is 0 Å². The van der Waals surface area contributed by atoms with Gasteiger partial charge in [0.05, 0.1) is 7.11 Å². The zero-order valence-corrected chi connectivity index (χ0v) is 12.9. The maximum Gasteiger partial charge on any atom is 0.328 e. The molecule has 2 atom stereocenters. The number of allylic oxidation sites excluding steroid dienone is 1. The number of rotatable bonds is 10. The van der Waals surface area contributed by atoms with E-state index in [0.717, 1.165) is 44.9 Å². The van der Waals surface area contributed by atoms with Gasteiger partial charge in [0.25, 0.3) is 0 Å². The highest BCUT2D eigenvalue weighted by Crippen LogP contribution is 2.13. The summed E-state index contributed by atoms with van der Waals surface area (Å²) in [5.41, 5.74) is 0. The van der Waals surface area contributed by atoms with Gasteiger partial charge in [0.2, 0.25) is 5.91 Å². The van der Waals surface area contributed by atoms with E-state index in [1.165, 1.54) is 7.11 Å². The molecular weight excluding hydrogens is 270 g/mol. The lowest BCUT2D eigenvalue weighted by Gasteiger charge is -2.18. The summed E-state index contributed by atoms with van der Waals surface area (Å²) >= 11 is 0. The second kappa shape index (κ2) is 10.4. The third kappa shape index (κ3) is 6.76. The summed E-state index contributed by atoms with van der Waals surface area (Å²) in [5, 5.41) is 2.76. The largest absolute Gasteiger partial charge is 0.467 e. The van der Waals surface area contributed by atoms with Crippen LogP contribution in [0.4, 0.5) is 0 Å². The molecule has 0 radical (unpaired) electrons. The molecule has 1 amide bonds. The molecule has 0 aromatic carbocycles. The standard InChI is InChI=1S/C16H27NO4/c1-3-4-5-6-7-8-10-13(16(19)20-2)17-15(18)14-11-9-12-21-14/h3,13-14H,1,4-12H2,2H3,(H,17,18)/t13-,14-/m1/s1. The van der Waals surface area contributed by atoms with Crippen molar-refractivity contribution in [1.29, 1.82) is 0 Å². The van der Waals surface area contributed by atoms with Crippen molar-refractivity contribution in [2.45, 2.75) is 63.5 Å². The molecule has 0 aliphatic carbocycles. The van der Waals surface area contributed by atoms with Crippen LogP contribution in [0.3, 0.4) is 0 Å². The van der Waals surface area contributed by atoms with Crippen molar-refractivity contribution >= 4 is 11.9 Å². The van der Waals surface area contributed by atoms with Crippen LogP contribution in [0.25, 0.3) is 0 Å². The van der Waals surface area contributed by atoms with Crippen molar-refractivity contribution in [3.63, 3.8) is 0 Å². The molecule has 1 saturated heterocycles. The average molecular weight is 297 g/mol. The van der Waals surface area contributed by atoms with E-state index in [-0.39, 0.29) is 11.9 Å². The second-order valence-electron chi connectivity index (χ2n) is 5.37. The monoisotopic (exact) mass is 297 g/mol. The summed E-state index contributed by atoms with van der Waals surface area (Å²) in [7, 11) is 1.34. The number of unbranched alkanes of at least 4 members (excludes halogenated alkanes) is 4. The minimum atomic E-state index is -0.564. The lowest BCUT2D eigenvalue weighted by molar-refractivity contribution is -0.146. The first-order chi connectivity index (χ1) is 10.2. The summed E-state index contributed by atoms with van der Waals surface area (Å²) < 4.78 is 10.1. The zero-order valence-electron chi connectivity index (χ0n) is 12.9. The molecule has 120 valence electrons. The fourth-order valence-corrected chi connectivity index (χ4v) is 2.43. The molecule has 1 N–H and O–H groups in total. The van der Waals surface area contributed by atoms with Crippen molar-refractivity contribution in [1.82, 2.24) is 5.32 Å². The summed E-state index contributed by atoms with van der Waals surface area (Å²) in [6.07, 6.45) is 8.92. The lowest BCUT2D eigenvalue weighted by Crippen LogP contribution is -2.45. The van der Waals surface area contributed by atoms with E-state index in [0.29, 0.717) is 13.0 Å². The molecule has 5 heteroatoms. The van der Waals surface area contributed by atoms with Crippen LogP contribution in [0.5, 0.6) is 0 Å². The van der Waals surface area contributed by atoms with Gasteiger partial charge in [-0.3, -0.25) is 4.79 Å². The van der Waals surface area contributed by atoms with Gasteiger partial charge in [-0.05, 0) is 32.1 Å². The molecule has 1 heterocycles. The number of amides is 1. The molecule has 0 aromatic heterocycles. The molecule has 0 saturated carbocycles. The Balaban J connectivity index is 2.31. The smallest absolute Gasteiger partial charge is 0.328 e. The molecule has 5 nitrogen and oxygen atoms in total. The number of methoxy groups -OCH3 is 1. The average Bonchev–Trinajstić information content (AvgIpc) is 3.03. The van der Waals surface area contributed by atoms with E-state index in [2.05, 4.69) is 11.9 Å². The van der Waals surface area contributed by atoms with Gasteiger partial charge in [0.1, 0.15) is 12.1 Å². The van der Waals surface area contributed by atoms with Crippen LogP contribution in [0.2, 0.25) is 0 Å². The van der Waals surface area contributed by atoms with E-state index in [1.54, 1.807) is 0 Å². The van der Waals surface area contributed by atoms with Gasteiger partial charge in [-0.15, -0.1) is 6.58 Å². The first-order valence-electron chi connectivity index (χ1n) is 7.79. The Morgan fingerprint density at radius 2 is 2.14 bits per heavy atom. The Kier molecular flexibility index (Phi) is 8.74. The van der Waals surface area contributed by atoms with Crippen molar-refractivity contribution < 1.29 is 19.1 Å². The first-order valence-corrected chi connectivity index (χ1v) is 7.79. The highest BCUT2D eigenvalue weighted by atomic mass is 16.5. The van der Waals surface area contributed by atoms with E-state index >= 15 is 0 Å². The molecule has 1 fully saturated rings. The van der Waals surface area contributed by atoms with E-state index < -0.39 is 12.1 Å². The SMILES string of the molecule is C=CCCCCCC[C@@H](NC(=O)[C@H]1CCCO1)C(=O)OC. The number of esters is 1. The lowest BCUT2D eigenvalue weighted by atomic mass is 10.1. The van der Waals surface area contributed by atoms with Gasteiger partial charge in [-0.1, -0.05) is 25.3 Å². The van der Waals surface area contributed by atoms with Crippen LogP contribution < -0.4 is 5.32 Å². The van der Waals surface area contributed by atoms with Crippen LogP contribution in [-0.2, 0) is 19.1 Å². The first kappa shape index (κ1) is 17.7. The van der Waals surface area contributed by atoms with Crippen LogP contribution in [0.15, 0.2) is 12.7 Å². The summed E-state index contributed by atoms with van der Waals surface area (Å²) in [6.45, 7) is 4.31. The minimum Gasteiger partial charge on any atom is -0.467 e. The van der Waals surface area contributed by atoms with Gasteiger partial charge < -0.3 is 14.8 Å². The van der Waals surface area contributed by atoms with Crippen LogP contribution in [0, 0.1) is 0 Å². The van der Waals surface area contributed by atoms with Crippen LogP contribution >= 0.6 is 0 Å². The fourth-order valence-electron chi connectivity index (χ4n) is 2.43.